The fourth-order valence-corrected chi connectivity index (χ4v) is 11.5. The molecule has 4 unspecified atom stereocenters. The first-order valence-corrected chi connectivity index (χ1v) is 33.3. The monoisotopic (exact) mass is 1120 g/mol. The summed E-state index contributed by atoms with van der Waals surface area (Å²) < 4.78 is 22.9. The van der Waals surface area contributed by atoms with Gasteiger partial charge in [0, 0.05) is 6.42 Å². The van der Waals surface area contributed by atoms with Crippen LogP contribution in [0.4, 0.5) is 0 Å². The summed E-state index contributed by atoms with van der Waals surface area (Å²) in [5.41, 5.74) is 0. The number of amides is 1. The first kappa shape index (κ1) is 73.1. The predicted octanol–water partition coefficient (Wildman–Crippen LogP) is 12.5. The highest BCUT2D eigenvalue weighted by atomic mass is 16.7. The minimum Gasteiger partial charge on any atom is -0.394 e. The second kappa shape index (κ2) is 50.5. The summed E-state index contributed by atoms with van der Waals surface area (Å²) in [5.74, 6) is -0.199. The molecule has 14 heteroatoms. The van der Waals surface area contributed by atoms with Gasteiger partial charge < -0.3 is 65.1 Å². The van der Waals surface area contributed by atoms with Crippen molar-refractivity contribution in [3.05, 3.63) is 0 Å². The van der Waals surface area contributed by atoms with E-state index in [2.05, 4.69) is 19.2 Å². The summed E-state index contributed by atoms with van der Waals surface area (Å²) in [5, 5.41) is 87.3. The fraction of sp³-hybridized carbons (Fsp3) is 0.984. The number of carbonyl (C=O) groups excluding carboxylic acids is 1. The van der Waals surface area contributed by atoms with Crippen molar-refractivity contribution in [3.63, 3.8) is 0 Å². The number of aliphatic hydroxyl groups excluding tert-OH is 8. The molecular weight excluding hydrogens is 991 g/mol. The molecule has 78 heavy (non-hydrogen) atoms. The Morgan fingerprint density at radius 2 is 0.731 bits per heavy atom. The summed E-state index contributed by atoms with van der Waals surface area (Å²) in [6.07, 6.45) is 41.3. The molecule has 2 saturated heterocycles. The van der Waals surface area contributed by atoms with E-state index in [-0.39, 0.29) is 12.5 Å². The minimum absolute atomic E-state index is 0.199. The van der Waals surface area contributed by atoms with Crippen LogP contribution < -0.4 is 5.32 Å². The molecule has 0 aromatic carbocycles. The van der Waals surface area contributed by atoms with Gasteiger partial charge in [-0.2, -0.15) is 0 Å². The van der Waals surface area contributed by atoms with Gasteiger partial charge in [0.2, 0.25) is 5.91 Å². The molecule has 0 aliphatic carbocycles. The van der Waals surface area contributed by atoms with Gasteiger partial charge >= 0.3 is 0 Å². The molecule has 464 valence electrons. The molecule has 2 aliphatic heterocycles. The SMILES string of the molecule is CCCCCCCCCCCCCCCCCCCCCCCCCCCCCCCCCC(=O)N[C@@H](CO[C@@H]1O[C@H](CO)[C@@H](O[C@@H]2O[C@H](CO)[C@H](O)C(O)C2O)C(O)C1O)[C@H](O)CCCCCCCCCCCCCCC. The van der Waals surface area contributed by atoms with Gasteiger partial charge in [0.05, 0.1) is 32.0 Å². The molecule has 0 spiro atoms. The topological polar surface area (TPSA) is 228 Å². The summed E-state index contributed by atoms with van der Waals surface area (Å²) in [4.78, 5) is 13.3. The van der Waals surface area contributed by atoms with Crippen LogP contribution in [0.25, 0.3) is 0 Å². The van der Waals surface area contributed by atoms with Gasteiger partial charge in [0.1, 0.15) is 48.8 Å². The Kier molecular flexibility index (Phi) is 47.3. The van der Waals surface area contributed by atoms with Crippen LogP contribution in [0.5, 0.6) is 0 Å². The summed E-state index contributed by atoms with van der Waals surface area (Å²) in [6, 6.07) is -0.822. The van der Waals surface area contributed by atoms with Crippen molar-refractivity contribution >= 4 is 5.91 Å². The van der Waals surface area contributed by atoms with Gasteiger partial charge in [-0.1, -0.05) is 290 Å². The maximum absolute atomic E-state index is 13.3. The third-order valence-electron chi connectivity index (χ3n) is 16.8. The highest BCUT2D eigenvalue weighted by Crippen LogP contribution is 2.30. The molecule has 9 N–H and O–H groups in total. The van der Waals surface area contributed by atoms with Crippen molar-refractivity contribution < 1.29 is 64.6 Å². The molecule has 0 bridgehead atoms. The minimum atomic E-state index is -1.78. The number of aliphatic hydroxyl groups is 8. The number of carbonyl (C=O) groups is 1. The fourth-order valence-electron chi connectivity index (χ4n) is 11.5. The molecule has 0 saturated carbocycles. The lowest BCUT2D eigenvalue weighted by Crippen LogP contribution is -2.65. The maximum atomic E-state index is 13.3. The highest BCUT2D eigenvalue weighted by molar-refractivity contribution is 5.76. The molecule has 14 nitrogen and oxygen atoms in total. The van der Waals surface area contributed by atoms with E-state index in [1.165, 1.54) is 231 Å². The Morgan fingerprint density at radius 1 is 0.410 bits per heavy atom. The first-order valence-electron chi connectivity index (χ1n) is 33.3. The van der Waals surface area contributed by atoms with E-state index < -0.39 is 86.8 Å². The Bertz CT molecular complexity index is 1310. The van der Waals surface area contributed by atoms with Crippen LogP contribution in [0.1, 0.15) is 309 Å². The Morgan fingerprint density at radius 3 is 1.09 bits per heavy atom. The normalized spacial score (nSPS) is 24.4. The second-order valence-corrected chi connectivity index (χ2v) is 24.0. The van der Waals surface area contributed by atoms with Gasteiger partial charge in [-0.3, -0.25) is 4.79 Å². The Labute approximate surface area is 476 Å². The molecule has 0 radical (unpaired) electrons. The van der Waals surface area contributed by atoms with Crippen molar-refractivity contribution in [3.8, 4) is 0 Å². The standard InChI is InChI=1S/C64H125NO13/c1-3-5-7-9-11-13-15-17-18-19-20-21-22-23-24-25-26-27-28-29-30-31-32-33-34-36-38-40-42-44-46-48-56(69)65-52(53(68)47-45-43-41-39-37-35-16-14-12-10-8-6-4-2)51-75-63-61(74)59(72)62(55(50-67)77-63)78-64-60(73)58(71)57(70)54(49-66)76-64/h52-55,57-64,66-68,70-74H,3-51H2,1-2H3,(H,65,69)/t52-,53+,54+,55+,57-,58?,59?,60?,61?,62+,63+,64-/m0/s1. The van der Waals surface area contributed by atoms with Gasteiger partial charge in [-0.25, -0.2) is 0 Å². The zero-order valence-corrected chi connectivity index (χ0v) is 50.2. The molecule has 2 aliphatic rings. The molecule has 2 rings (SSSR count). The third-order valence-corrected chi connectivity index (χ3v) is 16.8. The number of nitrogens with one attached hydrogen (secondary N) is 1. The first-order chi connectivity index (χ1) is 38.1. The molecule has 2 fully saturated rings. The van der Waals surface area contributed by atoms with Crippen molar-refractivity contribution in [2.75, 3.05) is 19.8 Å². The maximum Gasteiger partial charge on any atom is 0.220 e. The van der Waals surface area contributed by atoms with Gasteiger partial charge in [0.15, 0.2) is 12.6 Å². The molecular formula is C64H125NO13. The van der Waals surface area contributed by atoms with E-state index in [4.69, 9.17) is 18.9 Å². The lowest BCUT2D eigenvalue weighted by Gasteiger charge is -2.46. The Hall–Kier alpha value is -1.01. The average molecular weight is 1120 g/mol. The smallest absolute Gasteiger partial charge is 0.220 e. The van der Waals surface area contributed by atoms with Crippen LogP contribution in [-0.4, -0.2) is 140 Å². The molecule has 1 amide bonds. The van der Waals surface area contributed by atoms with E-state index in [0.29, 0.717) is 12.8 Å². The third kappa shape index (κ3) is 35.2. The molecule has 12 atom stereocenters. The van der Waals surface area contributed by atoms with E-state index >= 15 is 0 Å². The van der Waals surface area contributed by atoms with E-state index in [1.54, 1.807) is 0 Å². The van der Waals surface area contributed by atoms with Crippen LogP contribution in [0.2, 0.25) is 0 Å². The molecule has 0 aromatic heterocycles. The summed E-state index contributed by atoms with van der Waals surface area (Å²) in [7, 11) is 0. The van der Waals surface area contributed by atoms with Crippen LogP contribution in [0.15, 0.2) is 0 Å². The molecule has 2 heterocycles. The quantitative estimate of drug-likeness (QED) is 0.0259. The largest absolute Gasteiger partial charge is 0.394 e. The van der Waals surface area contributed by atoms with E-state index in [1.807, 2.05) is 0 Å². The number of hydrogen-bond acceptors (Lipinski definition) is 13. The van der Waals surface area contributed by atoms with Crippen LogP contribution in [0, 0.1) is 0 Å². The van der Waals surface area contributed by atoms with Crippen molar-refractivity contribution in [1.29, 1.82) is 0 Å². The van der Waals surface area contributed by atoms with Crippen LogP contribution >= 0.6 is 0 Å². The van der Waals surface area contributed by atoms with Crippen LogP contribution in [0.3, 0.4) is 0 Å². The lowest BCUT2D eigenvalue weighted by molar-refractivity contribution is -0.359. The summed E-state index contributed by atoms with van der Waals surface area (Å²) in [6.45, 7) is 2.90. The van der Waals surface area contributed by atoms with Crippen molar-refractivity contribution in [2.24, 2.45) is 0 Å². The average Bonchev–Trinajstić information content (AvgIpc) is 3.47. The van der Waals surface area contributed by atoms with E-state index in [9.17, 15) is 45.6 Å². The van der Waals surface area contributed by atoms with Gasteiger partial charge in [-0.05, 0) is 12.8 Å². The van der Waals surface area contributed by atoms with Gasteiger partial charge in [0.25, 0.3) is 0 Å². The number of ether oxygens (including phenoxy) is 4. The zero-order chi connectivity index (χ0) is 56.7. The predicted molar refractivity (Wildman–Crippen MR) is 314 cm³/mol. The lowest BCUT2D eigenvalue weighted by atomic mass is 9.97. The van der Waals surface area contributed by atoms with Crippen molar-refractivity contribution in [1.82, 2.24) is 5.32 Å². The molecule has 0 aromatic rings. The van der Waals surface area contributed by atoms with E-state index in [0.717, 1.165) is 51.4 Å². The van der Waals surface area contributed by atoms with Crippen molar-refractivity contribution in [2.45, 2.75) is 383 Å². The van der Waals surface area contributed by atoms with Crippen LogP contribution in [-0.2, 0) is 23.7 Å². The van der Waals surface area contributed by atoms with Gasteiger partial charge in [-0.15, -0.1) is 0 Å². The Balaban J connectivity index is 1.61. The number of hydrogen-bond donors (Lipinski definition) is 9. The zero-order valence-electron chi connectivity index (χ0n) is 50.2. The summed E-state index contributed by atoms with van der Waals surface area (Å²) >= 11 is 0. The highest BCUT2D eigenvalue weighted by Gasteiger charge is 2.51. The number of rotatable bonds is 55. The number of unbranched alkanes of at least 4 members (excludes halogenated alkanes) is 42. The second-order valence-electron chi connectivity index (χ2n) is 24.0.